The predicted octanol–water partition coefficient (Wildman–Crippen LogP) is 1.01. The van der Waals surface area contributed by atoms with Crippen molar-refractivity contribution in [2.45, 2.75) is 22.2 Å². The molecule has 0 saturated carbocycles. The number of alkyl halides is 3. The molecule has 0 radical (unpaired) electrons. The minimum Gasteiger partial charge on any atom is -0.477 e. The van der Waals surface area contributed by atoms with E-state index < -0.39 is 24.2 Å². The Labute approximate surface area is 152 Å². The van der Waals surface area contributed by atoms with Crippen LogP contribution in [0.15, 0.2) is 11.3 Å². The van der Waals surface area contributed by atoms with Crippen molar-refractivity contribution in [1.82, 2.24) is 4.90 Å². The quantitative estimate of drug-likeness (QED) is 0.564. The average molecular weight is 418 g/mol. The monoisotopic (exact) mass is 418 g/mol. The van der Waals surface area contributed by atoms with Crippen molar-refractivity contribution in [1.29, 1.82) is 0 Å². The molecule has 3 aliphatic rings. The lowest BCUT2D eigenvalue weighted by Gasteiger charge is -2.48. The number of halogens is 3. The number of carbonyl (C=O) groups is 3. The maximum Gasteiger partial charge on any atom is 0.490 e. The van der Waals surface area contributed by atoms with Gasteiger partial charge in [0, 0.05) is 17.3 Å². The number of nitrogens with zero attached hydrogens (tertiary/aromatic N) is 1. The molecule has 1 amide bonds. The number of carboxylic acids is 2. The van der Waals surface area contributed by atoms with Gasteiger partial charge in [-0.1, -0.05) is 0 Å². The molecule has 13 heteroatoms. The normalized spacial score (nSPS) is 26.6. The van der Waals surface area contributed by atoms with Crippen LogP contribution < -0.4 is 5.73 Å². The third kappa shape index (κ3) is 4.20. The standard InChI is InChI=1S/C10H12N2O3S3.C2HF3O2/c11-5-7(13)12-6(9(14)15)4(3-18-8(5)12)10-16-1-2-17-10;3-2(4,5)1(6)7/h5,8,10H,1-3,11H2,(H,14,15);(H,6,7)/t5?,8-;/m1./s1. The van der Waals surface area contributed by atoms with Crippen molar-refractivity contribution in [3.05, 3.63) is 11.3 Å². The van der Waals surface area contributed by atoms with E-state index in [2.05, 4.69) is 0 Å². The van der Waals surface area contributed by atoms with Gasteiger partial charge in [0.15, 0.2) is 0 Å². The second kappa shape index (κ2) is 7.68. The molecule has 140 valence electrons. The maximum atomic E-state index is 11.7. The molecule has 0 aromatic carbocycles. The SMILES string of the molecule is NC1C(=O)N2C(C(=O)O)=C(C3SCCS3)CS[C@H]12.O=C(O)C(F)(F)F. The molecule has 0 aliphatic carbocycles. The number of rotatable bonds is 2. The van der Waals surface area contributed by atoms with Crippen molar-refractivity contribution in [3.63, 3.8) is 0 Å². The van der Waals surface area contributed by atoms with Crippen LogP contribution in [0, 0.1) is 0 Å². The Morgan fingerprint density at radius 3 is 2.12 bits per heavy atom. The summed E-state index contributed by atoms with van der Waals surface area (Å²) in [6.45, 7) is 0. The lowest BCUT2D eigenvalue weighted by Crippen LogP contribution is -2.68. The van der Waals surface area contributed by atoms with E-state index in [0.29, 0.717) is 5.75 Å². The Morgan fingerprint density at radius 1 is 1.16 bits per heavy atom. The van der Waals surface area contributed by atoms with E-state index in [1.807, 2.05) is 0 Å². The number of carbonyl (C=O) groups excluding carboxylic acids is 1. The second-order valence-electron chi connectivity index (χ2n) is 4.99. The Kier molecular flexibility index (Phi) is 6.22. The molecule has 4 N–H and O–H groups in total. The fourth-order valence-corrected chi connectivity index (χ4v) is 6.78. The first-order chi connectivity index (χ1) is 11.6. The summed E-state index contributed by atoms with van der Waals surface area (Å²) in [6.07, 6.45) is -5.08. The molecule has 0 aromatic heterocycles. The van der Waals surface area contributed by atoms with Crippen LogP contribution in [0.4, 0.5) is 13.2 Å². The van der Waals surface area contributed by atoms with E-state index in [1.54, 1.807) is 35.3 Å². The van der Waals surface area contributed by atoms with Gasteiger partial charge in [0.2, 0.25) is 5.91 Å². The molecule has 2 atom stereocenters. The largest absolute Gasteiger partial charge is 0.490 e. The van der Waals surface area contributed by atoms with E-state index in [9.17, 15) is 27.9 Å². The second-order valence-corrected chi connectivity index (χ2v) is 8.82. The Bertz CT molecular complexity index is 622. The van der Waals surface area contributed by atoms with E-state index in [-0.39, 0.29) is 21.6 Å². The number of aliphatic carboxylic acids is 2. The van der Waals surface area contributed by atoms with Crippen molar-refractivity contribution in [2.75, 3.05) is 17.3 Å². The molecule has 1 unspecified atom stereocenters. The van der Waals surface area contributed by atoms with Gasteiger partial charge < -0.3 is 15.9 Å². The molecule has 7 nitrogen and oxygen atoms in total. The lowest BCUT2D eigenvalue weighted by atomic mass is 10.0. The zero-order valence-electron chi connectivity index (χ0n) is 12.4. The summed E-state index contributed by atoms with van der Waals surface area (Å²) >= 11 is 5.09. The fourth-order valence-electron chi connectivity index (χ4n) is 2.28. The highest BCUT2D eigenvalue weighted by atomic mass is 32.2. The van der Waals surface area contributed by atoms with Gasteiger partial charge in [-0.05, 0) is 5.57 Å². The number of nitrogens with two attached hydrogens (primary N) is 1. The summed E-state index contributed by atoms with van der Waals surface area (Å²) in [5.74, 6) is -1.30. The highest BCUT2D eigenvalue weighted by Gasteiger charge is 2.52. The van der Waals surface area contributed by atoms with Crippen LogP contribution in [-0.2, 0) is 14.4 Å². The Balaban J connectivity index is 0.000000277. The average Bonchev–Trinajstić information content (AvgIpc) is 3.06. The molecular weight excluding hydrogens is 405 g/mol. The van der Waals surface area contributed by atoms with Crippen LogP contribution in [0.2, 0.25) is 0 Å². The molecular formula is C12H13F3N2O5S3. The predicted molar refractivity (Wildman–Crippen MR) is 88.1 cm³/mol. The van der Waals surface area contributed by atoms with E-state index in [0.717, 1.165) is 17.1 Å². The number of hydrogen-bond acceptors (Lipinski definition) is 7. The first-order valence-electron chi connectivity index (χ1n) is 6.75. The maximum absolute atomic E-state index is 11.7. The van der Waals surface area contributed by atoms with Crippen LogP contribution in [-0.4, -0.2) is 72.4 Å². The van der Waals surface area contributed by atoms with Crippen LogP contribution in [0.3, 0.4) is 0 Å². The number of β-lactam (4-membered cyclic amide) rings is 1. The van der Waals surface area contributed by atoms with Crippen molar-refractivity contribution < 1.29 is 37.8 Å². The third-order valence-electron chi connectivity index (χ3n) is 3.39. The molecule has 3 heterocycles. The summed E-state index contributed by atoms with van der Waals surface area (Å²) < 4.78 is 31.9. The smallest absolute Gasteiger partial charge is 0.477 e. The van der Waals surface area contributed by atoms with Crippen molar-refractivity contribution >= 4 is 53.1 Å². The van der Waals surface area contributed by atoms with Gasteiger partial charge in [-0.2, -0.15) is 13.2 Å². The summed E-state index contributed by atoms with van der Waals surface area (Å²) in [5.41, 5.74) is 6.75. The highest BCUT2D eigenvalue weighted by molar-refractivity contribution is 8.20. The van der Waals surface area contributed by atoms with Crippen molar-refractivity contribution in [2.24, 2.45) is 5.73 Å². The molecule has 0 aromatic rings. The molecule has 2 saturated heterocycles. The molecule has 3 aliphatic heterocycles. The van der Waals surface area contributed by atoms with Gasteiger partial charge in [0.1, 0.15) is 17.1 Å². The van der Waals surface area contributed by atoms with Gasteiger partial charge >= 0.3 is 18.1 Å². The van der Waals surface area contributed by atoms with Crippen LogP contribution in [0.25, 0.3) is 0 Å². The Morgan fingerprint density at radius 2 is 1.68 bits per heavy atom. The van der Waals surface area contributed by atoms with Crippen LogP contribution >= 0.6 is 35.3 Å². The number of thioether (sulfide) groups is 3. The first kappa shape index (κ1) is 20.3. The van der Waals surface area contributed by atoms with E-state index in [1.165, 1.54) is 4.90 Å². The summed E-state index contributed by atoms with van der Waals surface area (Å²) in [5, 5.41) is 16.3. The minimum absolute atomic E-state index is 0.175. The van der Waals surface area contributed by atoms with Gasteiger partial charge in [-0.15, -0.1) is 35.3 Å². The number of fused-ring (bicyclic) bond motifs is 1. The third-order valence-corrected chi connectivity index (χ3v) is 7.84. The zero-order chi connectivity index (χ0) is 18.9. The molecule has 0 spiro atoms. The molecule has 3 rings (SSSR count). The fraction of sp³-hybridized carbons (Fsp3) is 0.583. The summed E-state index contributed by atoms with van der Waals surface area (Å²) in [7, 11) is 0. The highest BCUT2D eigenvalue weighted by Crippen LogP contribution is 2.46. The molecule has 0 bridgehead atoms. The number of carboxylic acid groups (broad SMARTS) is 2. The van der Waals surface area contributed by atoms with Crippen LogP contribution in [0.1, 0.15) is 0 Å². The van der Waals surface area contributed by atoms with Gasteiger partial charge in [0.05, 0.1) is 4.58 Å². The van der Waals surface area contributed by atoms with E-state index >= 15 is 0 Å². The summed E-state index contributed by atoms with van der Waals surface area (Å²) in [4.78, 5) is 33.5. The lowest BCUT2D eigenvalue weighted by molar-refractivity contribution is -0.192. The van der Waals surface area contributed by atoms with Gasteiger partial charge in [-0.3, -0.25) is 9.69 Å². The minimum atomic E-state index is -5.08. The zero-order valence-corrected chi connectivity index (χ0v) is 14.8. The summed E-state index contributed by atoms with van der Waals surface area (Å²) in [6, 6.07) is -0.546. The topological polar surface area (TPSA) is 121 Å². The van der Waals surface area contributed by atoms with Gasteiger partial charge in [-0.25, -0.2) is 9.59 Å². The molecule has 25 heavy (non-hydrogen) atoms. The van der Waals surface area contributed by atoms with Crippen LogP contribution in [0.5, 0.6) is 0 Å². The number of amides is 1. The van der Waals surface area contributed by atoms with E-state index in [4.69, 9.17) is 15.6 Å². The first-order valence-corrected chi connectivity index (χ1v) is 9.90. The van der Waals surface area contributed by atoms with Crippen molar-refractivity contribution in [3.8, 4) is 0 Å². The Hall–Kier alpha value is -1.05. The number of hydrogen-bond donors (Lipinski definition) is 3. The van der Waals surface area contributed by atoms with Gasteiger partial charge in [0.25, 0.3) is 0 Å². The molecule has 2 fully saturated rings.